The molecule has 0 N–H and O–H groups in total. The Labute approximate surface area is 175 Å². The van der Waals surface area contributed by atoms with Crippen molar-refractivity contribution in [3.63, 3.8) is 0 Å². The number of para-hydroxylation sites is 1. The summed E-state index contributed by atoms with van der Waals surface area (Å²) >= 11 is 1.20. The summed E-state index contributed by atoms with van der Waals surface area (Å²) in [5, 5.41) is 5.27. The van der Waals surface area contributed by atoms with Gasteiger partial charge < -0.3 is 9.47 Å². The zero-order valence-corrected chi connectivity index (χ0v) is 17.0. The number of thiophene rings is 1. The van der Waals surface area contributed by atoms with Gasteiger partial charge in [-0.15, -0.1) is 11.3 Å². The van der Waals surface area contributed by atoms with Crippen LogP contribution in [0, 0.1) is 12.7 Å². The van der Waals surface area contributed by atoms with Crippen LogP contribution in [-0.4, -0.2) is 35.2 Å². The number of rotatable bonds is 6. The number of carbonyl (C=O) groups is 2. The van der Waals surface area contributed by atoms with Crippen LogP contribution in [0.5, 0.6) is 5.75 Å². The second kappa shape index (κ2) is 8.08. The van der Waals surface area contributed by atoms with E-state index in [0.717, 1.165) is 15.9 Å². The van der Waals surface area contributed by atoms with Crippen molar-refractivity contribution in [3.8, 4) is 11.4 Å². The first kappa shape index (κ1) is 19.8. The summed E-state index contributed by atoms with van der Waals surface area (Å²) in [7, 11) is 1.47. The number of ether oxygens (including phenoxy) is 2. The first-order valence-electron chi connectivity index (χ1n) is 9.06. The van der Waals surface area contributed by atoms with Gasteiger partial charge in [-0.05, 0) is 49.4 Å². The maximum Gasteiger partial charge on any atom is 0.348 e. The molecule has 2 heterocycles. The maximum atomic E-state index is 13.2. The summed E-state index contributed by atoms with van der Waals surface area (Å²) in [5.41, 5.74) is 1.77. The lowest BCUT2D eigenvalue weighted by atomic mass is 10.1. The van der Waals surface area contributed by atoms with Gasteiger partial charge in [-0.1, -0.05) is 12.1 Å². The van der Waals surface area contributed by atoms with Crippen molar-refractivity contribution >= 4 is 33.3 Å². The molecule has 0 aliphatic rings. The molecule has 0 saturated carbocycles. The van der Waals surface area contributed by atoms with Crippen molar-refractivity contribution in [1.82, 2.24) is 9.78 Å². The summed E-state index contributed by atoms with van der Waals surface area (Å²) in [4.78, 5) is 26.0. The summed E-state index contributed by atoms with van der Waals surface area (Å²) in [6, 6.07) is 14.4. The Bertz CT molecular complexity index is 1240. The van der Waals surface area contributed by atoms with Gasteiger partial charge >= 0.3 is 5.97 Å². The summed E-state index contributed by atoms with van der Waals surface area (Å²) in [6.45, 7) is 1.44. The number of Topliss-reactive ketones (excluding diaryl/α,β-unsaturated/α-hetero) is 1. The predicted octanol–water partition coefficient (Wildman–Crippen LogP) is 4.58. The average molecular weight is 424 g/mol. The van der Waals surface area contributed by atoms with Gasteiger partial charge in [0.2, 0.25) is 5.78 Å². The third kappa shape index (κ3) is 3.69. The number of hydrogen-bond acceptors (Lipinski definition) is 6. The molecule has 30 heavy (non-hydrogen) atoms. The average Bonchev–Trinajstić information content (AvgIpc) is 3.33. The zero-order valence-electron chi connectivity index (χ0n) is 16.2. The van der Waals surface area contributed by atoms with Crippen LogP contribution in [0.15, 0.2) is 54.6 Å². The van der Waals surface area contributed by atoms with Crippen molar-refractivity contribution in [2.45, 2.75) is 6.92 Å². The molecule has 0 unspecified atom stereocenters. The number of nitrogens with zero attached hydrogens (tertiary/aromatic N) is 2. The lowest BCUT2D eigenvalue weighted by Crippen LogP contribution is -2.14. The van der Waals surface area contributed by atoms with E-state index in [2.05, 4.69) is 5.10 Å². The smallest absolute Gasteiger partial charge is 0.348 e. The fraction of sp³-hybridized carbons (Fsp3) is 0.136. The number of aromatic nitrogens is 2. The number of fused-ring (bicyclic) bond motifs is 1. The summed E-state index contributed by atoms with van der Waals surface area (Å²) in [5.74, 6) is -0.857. The molecule has 4 rings (SSSR count). The molecule has 0 aliphatic heterocycles. The van der Waals surface area contributed by atoms with Gasteiger partial charge in [-0.25, -0.2) is 13.9 Å². The number of hydrogen-bond donors (Lipinski definition) is 0. The van der Waals surface area contributed by atoms with E-state index in [0.29, 0.717) is 21.9 Å². The van der Waals surface area contributed by atoms with Gasteiger partial charge in [-0.2, -0.15) is 5.10 Å². The van der Waals surface area contributed by atoms with Crippen molar-refractivity contribution in [3.05, 3.63) is 76.5 Å². The topological polar surface area (TPSA) is 70.4 Å². The number of benzene rings is 2. The lowest BCUT2D eigenvalue weighted by Gasteiger charge is -2.07. The van der Waals surface area contributed by atoms with Gasteiger partial charge in [0.1, 0.15) is 21.3 Å². The highest BCUT2D eigenvalue weighted by Crippen LogP contribution is 2.31. The van der Waals surface area contributed by atoms with Gasteiger partial charge in [0.25, 0.3) is 0 Å². The van der Waals surface area contributed by atoms with Gasteiger partial charge in [0, 0.05) is 5.39 Å². The van der Waals surface area contributed by atoms with E-state index in [1.54, 1.807) is 47.1 Å². The van der Waals surface area contributed by atoms with E-state index in [1.807, 2.05) is 6.92 Å². The highest BCUT2D eigenvalue weighted by atomic mass is 32.1. The molecule has 0 radical (unpaired) electrons. The molecule has 8 heteroatoms. The van der Waals surface area contributed by atoms with Crippen LogP contribution in [0.3, 0.4) is 0 Å². The van der Waals surface area contributed by atoms with E-state index < -0.39 is 12.6 Å². The van der Waals surface area contributed by atoms with Crippen molar-refractivity contribution < 1.29 is 23.5 Å². The van der Waals surface area contributed by atoms with Crippen LogP contribution in [0.25, 0.3) is 15.9 Å². The predicted molar refractivity (Wildman–Crippen MR) is 111 cm³/mol. The SMILES string of the molecule is COc1ccccc1C(=O)COC(=O)c1cc2c(C)nn(-c3ccc(F)cc3)c2s1. The molecule has 2 aromatic heterocycles. The molecule has 6 nitrogen and oxygen atoms in total. The first-order valence-corrected chi connectivity index (χ1v) is 9.88. The number of halogens is 1. The van der Waals surface area contributed by atoms with E-state index in [-0.39, 0.29) is 11.6 Å². The van der Waals surface area contributed by atoms with Crippen LogP contribution in [-0.2, 0) is 4.74 Å². The number of aryl methyl sites for hydroxylation is 1. The van der Waals surface area contributed by atoms with E-state index in [9.17, 15) is 14.0 Å². The molecular weight excluding hydrogens is 407 g/mol. The van der Waals surface area contributed by atoms with Crippen LogP contribution in [0.1, 0.15) is 25.7 Å². The molecular formula is C22H17FN2O4S. The van der Waals surface area contributed by atoms with E-state index in [1.165, 1.54) is 30.6 Å². The first-order chi connectivity index (χ1) is 14.5. The summed E-state index contributed by atoms with van der Waals surface area (Å²) in [6.07, 6.45) is 0. The van der Waals surface area contributed by atoms with Crippen LogP contribution < -0.4 is 4.74 Å². The van der Waals surface area contributed by atoms with Gasteiger partial charge in [0.05, 0.1) is 24.1 Å². The fourth-order valence-corrected chi connectivity index (χ4v) is 4.14. The van der Waals surface area contributed by atoms with Crippen LogP contribution >= 0.6 is 11.3 Å². The second-order valence-corrected chi connectivity index (χ2v) is 7.53. The summed E-state index contributed by atoms with van der Waals surface area (Å²) < 4.78 is 25.3. The van der Waals surface area contributed by atoms with E-state index >= 15 is 0 Å². The van der Waals surface area contributed by atoms with E-state index in [4.69, 9.17) is 9.47 Å². The maximum absolute atomic E-state index is 13.2. The fourth-order valence-electron chi connectivity index (χ4n) is 3.06. The van der Waals surface area contributed by atoms with Gasteiger partial charge in [-0.3, -0.25) is 4.79 Å². The molecule has 2 aromatic carbocycles. The largest absolute Gasteiger partial charge is 0.496 e. The number of carbonyl (C=O) groups excluding carboxylic acids is 2. The standard InChI is InChI=1S/C22H17FN2O4S/c1-13-17-11-20(30-21(17)25(24-13)15-9-7-14(23)8-10-15)22(27)29-12-18(26)16-5-3-4-6-19(16)28-2/h3-11H,12H2,1-2H3. The zero-order chi connectivity index (χ0) is 21.3. The number of ketones is 1. The Morgan fingerprint density at radius 1 is 1.13 bits per heavy atom. The Hall–Kier alpha value is -3.52. The molecule has 0 spiro atoms. The normalized spacial score (nSPS) is 10.9. The number of esters is 1. The lowest BCUT2D eigenvalue weighted by molar-refractivity contribution is 0.0479. The van der Waals surface area contributed by atoms with Crippen molar-refractivity contribution in [2.24, 2.45) is 0 Å². The minimum atomic E-state index is -0.593. The molecule has 0 atom stereocenters. The van der Waals surface area contributed by atoms with Crippen molar-refractivity contribution in [1.29, 1.82) is 0 Å². The molecule has 0 aliphatic carbocycles. The Morgan fingerprint density at radius 2 is 1.87 bits per heavy atom. The number of methoxy groups -OCH3 is 1. The molecule has 0 bridgehead atoms. The Balaban J connectivity index is 1.55. The minimum Gasteiger partial charge on any atom is -0.496 e. The highest BCUT2D eigenvalue weighted by Gasteiger charge is 2.20. The Morgan fingerprint density at radius 3 is 2.60 bits per heavy atom. The second-order valence-electron chi connectivity index (χ2n) is 6.50. The highest BCUT2D eigenvalue weighted by molar-refractivity contribution is 7.20. The molecule has 4 aromatic rings. The molecule has 152 valence electrons. The van der Waals surface area contributed by atoms with Crippen LogP contribution in [0.2, 0.25) is 0 Å². The molecule has 0 fully saturated rings. The molecule has 0 saturated heterocycles. The monoisotopic (exact) mass is 424 g/mol. The van der Waals surface area contributed by atoms with Crippen molar-refractivity contribution in [2.75, 3.05) is 13.7 Å². The quantitative estimate of drug-likeness (QED) is 0.335. The third-order valence-electron chi connectivity index (χ3n) is 4.56. The van der Waals surface area contributed by atoms with Crippen LogP contribution in [0.4, 0.5) is 4.39 Å². The molecule has 0 amide bonds. The van der Waals surface area contributed by atoms with Gasteiger partial charge in [0.15, 0.2) is 6.61 Å². The Kier molecular flexibility index (Phi) is 5.33. The minimum absolute atomic E-state index is 0.339. The third-order valence-corrected chi connectivity index (χ3v) is 5.65.